The fourth-order valence-corrected chi connectivity index (χ4v) is 1.66. The van der Waals surface area contributed by atoms with Crippen LogP contribution in [-0.2, 0) is 0 Å². The van der Waals surface area contributed by atoms with Crippen molar-refractivity contribution in [3.05, 3.63) is 47.1 Å². The predicted octanol–water partition coefficient (Wildman–Crippen LogP) is 3.69. The van der Waals surface area contributed by atoms with E-state index in [1.54, 1.807) is 0 Å². The third-order valence-electron chi connectivity index (χ3n) is 2.22. The first-order chi connectivity index (χ1) is 8.10. The van der Waals surface area contributed by atoms with E-state index in [0.29, 0.717) is 5.56 Å². The molecule has 0 spiro atoms. The zero-order chi connectivity index (χ0) is 12.4. The monoisotopic (exact) mass is 255 g/mol. The topological polar surface area (TPSA) is 22.1 Å². The van der Waals surface area contributed by atoms with E-state index in [4.69, 9.17) is 16.3 Å². The van der Waals surface area contributed by atoms with Gasteiger partial charge >= 0.3 is 0 Å². The van der Waals surface area contributed by atoms with Crippen LogP contribution in [0.5, 0.6) is 5.88 Å². The number of aromatic nitrogens is 1. The fourth-order valence-electron chi connectivity index (χ4n) is 1.46. The number of benzene rings is 1. The van der Waals surface area contributed by atoms with Crippen molar-refractivity contribution in [3.8, 4) is 17.0 Å². The molecule has 0 amide bonds. The number of halogens is 3. The van der Waals surface area contributed by atoms with E-state index in [9.17, 15) is 8.78 Å². The average molecular weight is 256 g/mol. The molecule has 0 saturated carbocycles. The summed E-state index contributed by atoms with van der Waals surface area (Å²) in [5, 5.41) is 0.183. The van der Waals surface area contributed by atoms with Crippen LogP contribution in [0.15, 0.2) is 30.3 Å². The third kappa shape index (κ3) is 2.53. The number of pyridine rings is 1. The molecule has 0 bridgehead atoms. The van der Waals surface area contributed by atoms with Gasteiger partial charge in [0.15, 0.2) is 0 Å². The van der Waals surface area contributed by atoms with Gasteiger partial charge in [0, 0.05) is 17.7 Å². The number of rotatable bonds is 2. The minimum absolute atomic E-state index is 0.183. The van der Waals surface area contributed by atoms with Gasteiger partial charge in [-0.1, -0.05) is 11.6 Å². The molecular formula is C12H8ClF2NO. The van der Waals surface area contributed by atoms with Crippen LogP contribution >= 0.6 is 11.6 Å². The molecule has 2 aromatic rings. The summed E-state index contributed by atoms with van der Waals surface area (Å²) < 4.78 is 31.3. The molecule has 0 saturated heterocycles. The smallest absolute Gasteiger partial charge is 0.214 e. The molecule has 0 fully saturated rings. The van der Waals surface area contributed by atoms with E-state index in [1.165, 1.54) is 31.4 Å². The highest BCUT2D eigenvalue weighted by molar-refractivity contribution is 6.29. The summed E-state index contributed by atoms with van der Waals surface area (Å²) in [5.74, 6) is -1.01. The van der Waals surface area contributed by atoms with Crippen LogP contribution in [0.2, 0.25) is 5.15 Å². The molecule has 2 nitrogen and oxygen atoms in total. The Hall–Kier alpha value is -1.68. The quantitative estimate of drug-likeness (QED) is 0.764. The zero-order valence-corrected chi connectivity index (χ0v) is 9.63. The Bertz CT molecular complexity index is 560. The lowest BCUT2D eigenvalue weighted by Crippen LogP contribution is -1.91. The summed E-state index contributed by atoms with van der Waals surface area (Å²) >= 11 is 5.77. The average Bonchev–Trinajstić information content (AvgIpc) is 2.28. The SMILES string of the molecule is COc1cc(-c2ccc(F)cc2F)cc(Cl)n1. The molecule has 2 rings (SSSR count). The summed E-state index contributed by atoms with van der Waals surface area (Å²) in [6.07, 6.45) is 0. The Balaban J connectivity index is 2.55. The van der Waals surface area contributed by atoms with Crippen molar-refractivity contribution in [2.45, 2.75) is 0 Å². The highest BCUT2D eigenvalue weighted by atomic mass is 35.5. The van der Waals surface area contributed by atoms with E-state index in [-0.39, 0.29) is 16.6 Å². The van der Waals surface area contributed by atoms with Crippen molar-refractivity contribution >= 4 is 11.6 Å². The molecule has 1 heterocycles. The summed E-state index contributed by atoms with van der Waals surface area (Å²) in [4.78, 5) is 3.87. The van der Waals surface area contributed by atoms with Crippen LogP contribution < -0.4 is 4.74 Å². The molecule has 5 heteroatoms. The van der Waals surface area contributed by atoms with Gasteiger partial charge in [0.2, 0.25) is 5.88 Å². The lowest BCUT2D eigenvalue weighted by Gasteiger charge is -2.06. The Morgan fingerprint density at radius 2 is 1.94 bits per heavy atom. The van der Waals surface area contributed by atoms with Gasteiger partial charge in [-0.05, 0) is 23.8 Å². The van der Waals surface area contributed by atoms with Gasteiger partial charge in [-0.15, -0.1) is 0 Å². The fraction of sp³-hybridized carbons (Fsp3) is 0.0833. The van der Waals surface area contributed by atoms with Gasteiger partial charge in [-0.3, -0.25) is 0 Å². The van der Waals surface area contributed by atoms with Crippen LogP contribution in [0.25, 0.3) is 11.1 Å². The first-order valence-corrected chi connectivity index (χ1v) is 5.15. The van der Waals surface area contributed by atoms with Crippen molar-refractivity contribution in [2.24, 2.45) is 0 Å². The Labute approximate surface area is 102 Å². The van der Waals surface area contributed by atoms with Crippen LogP contribution in [0.3, 0.4) is 0 Å². The normalized spacial score (nSPS) is 10.4. The highest BCUT2D eigenvalue weighted by Crippen LogP contribution is 2.28. The lowest BCUT2D eigenvalue weighted by molar-refractivity contribution is 0.398. The number of nitrogens with zero attached hydrogens (tertiary/aromatic N) is 1. The number of methoxy groups -OCH3 is 1. The molecule has 0 aliphatic carbocycles. The van der Waals surface area contributed by atoms with Gasteiger partial charge in [0.1, 0.15) is 16.8 Å². The number of hydrogen-bond acceptors (Lipinski definition) is 2. The summed E-state index contributed by atoms with van der Waals surface area (Å²) in [5.41, 5.74) is 0.730. The predicted molar refractivity (Wildman–Crippen MR) is 61.2 cm³/mol. The summed E-state index contributed by atoms with van der Waals surface area (Å²) in [7, 11) is 1.43. The summed E-state index contributed by atoms with van der Waals surface area (Å²) in [6, 6.07) is 6.35. The standard InChI is InChI=1S/C12H8ClF2NO/c1-17-12-5-7(4-11(13)16-12)9-3-2-8(14)6-10(9)15/h2-6H,1H3. The van der Waals surface area contributed by atoms with Gasteiger partial charge < -0.3 is 4.74 Å². The van der Waals surface area contributed by atoms with E-state index < -0.39 is 11.6 Å². The van der Waals surface area contributed by atoms with Crippen LogP contribution in [-0.4, -0.2) is 12.1 Å². The Morgan fingerprint density at radius 3 is 2.59 bits per heavy atom. The Morgan fingerprint density at radius 1 is 1.18 bits per heavy atom. The number of hydrogen-bond donors (Lipinski definition) is 0. The summed E-state index contributed by atoms with van der Waals surface area (Å²) in [6.45, 7) is 0. The first kappa shape index (κ1) is 11.8. The zero-order valence-electron chi connectivity index (χ0n) is 8.88. The van der Waals surface area contributed by atoms with E-state index in [2.05, 4.69) is 4.98 Å². The van der Waals surface area contributed by atoms with Crippen LogP contribution in [0, 0.1) is 11.6 Å². The molecular weight excluding hydrogens is 248 g/mol. The van der Waals surface area contributed by atoms with Crippen molar-refractivity contribution in [1.82, 2.24) is 4.98 Å². The van der Waals surface area contributed by atoms with Gasteiger partial charge in [0.25, 0.3) is 0 Å². The minimum atomic E-state index is -0.658. The molecule has 17 heavy (non-hydrogen) atoms. The molecule has 0 atom stereocenters. The molecule has 0 aliphatic heterocycles. The van der Waals surface area contributed by atoms with Crippen molar-refractivity contribution in [2.75, 3.05) is 7.11 Å². The Kier molecular flexibility index (Phi) is 3.24. The molecule has 0 radical (unpaired) electrons. The second kappa shape index (κ2) is 4.67. The van der Waals surface area contributed by atoms with Gasteiger partial charge in [-0.2, -0.15) is 0 Å². The van der Waals surface area contributed by atoms with Crippen LogP contribution in [0.4, 0.5) is 8.78 Å². The van der Waals surface area contributed by atoms with Gasteiger partial charge in [0.05, 0.1) is 7.11 Å². The molecule has 0 unspecified atom stereocenters. The van der Waals surface area contributed by atoms with Crippen molar-refractivity contribution in [1.29, 1.82) is 0 Å². The van der Waals surface area contributed by atoms with Crippen LogP contribution in [0.1, 0.15) is 0 Å². The maximum atomic E-state index is 13.6. The first-order valence-electron chi connectivity index (χ1n) is 4.77. The number of ether oxygens (including phenoxy) is 1. The van der Waals surface area contributed by atoms with Gasteiger partial charge in [-0.25, -0.2) is 13.8 Å². The van der Waals surface area contributed by atoms with Crippen molar-refractivity contribution < 1.29 is 13.5 Å². The van der Waals surface area contributed by atoms with E-state index in [0.717, 1.165) is 6.07 Å². The molecule has 0 aliphatic rings. The molecule has 88 valence electrons. The second-order valence-corrected chi connectivity index (χ2v) is 3.73. The molecule has 1 aromatic heterocycles. The lowest BCUT2D eigenvalue weighted by atomic mass is 10.1. The molecule has 0 N–H and O–H groups in total. The minimum Gasteiger partial charge on any atom is -0.481 e. The largest absolute Gasteiger partial charge is 0.481 e. The highest BCUT2D eigenvalue weighted by Gasteiger charge is 2.09. The molecule has 1 aromatic carbocycles. The maximum absolute atomic E-state index is 13.6. The van der Waals surface area contributed by atoms with Crippen molar-refractivity contribution in [3.63, 3.8) is 0 Å². The second-order valence-electron chi connectivity index (χ2n) is 3.35. The van der Waals surface area contributed by atoms with E-state index >= 15 is 0 Å². The third-order valence-corrected chi connectivity index (χ3v) is 2.42. The van der Waals surface area contributed by atoms with E-state index in [1.807, 2.05) is 0 Å². The maximum Gasteiger partial charge on any atom is 0.214 e.